The van der Waals surface area contributed by atoms with Gasteiger partial charge in [-0.3, -0.25) is 0 Å². The molecule has 0 spiro atoms. The zero-order valence-electron chi connectivity index (χ0n) is 37.3. The summed E-state index contributed by atoms with van der Waals surface area (Å²) in [7, 11) is 0. The van der Waals surface area contributed by atoms with Crippen LogP contribution in [0.3, 0.4) is 0 Å². The number of rotatable bonds is 10. The molecule has 2 heteroatoms. The minimum Gasteiger partial charge on any atom is -0.455 e. The van der Waals surface area contributed by atoms with Crippen LogP contribution in [0.15, 0.2) is 277 Å². The standard InChI is InChI=1S/C66H45NO/c1-3-16-46(17-4-1)49-20-9-24-53(40-49)56-27-13-30-60(44-56)67(61-31-14-28-57(45-61)54-25-10-21-50(41-54)47-18-5-2-6-19-47)59-38-36-48(37-39-59)51-22-11-23-52(42-51)55-26-12-29-58(43-55)62-33-15-34-64-63-32-7-8-35-65(63)68-66(62)64/h1-45H. The number of fused-ring (bicyclic) bond motifs is 3. The number of nitrogens with zero attached hydrogens (tertiary/aromatic N) is 1. The summed E-state index contributed by atoms with van der Waals surface area (Å²) in [6.45, 7) is 0. The first-order chi connectivity index (χ1) is 33.7. The zero-order chi connectivity index (χ0) is 45.2. The number of furan rings is 1. The maximum absolute atomic E-state index is 6.43. The van der Waals surface area contributed by atoms with Crippen LogP contribution in [0.1, 0.15) is 0 Å². The van der Waals surface area contributed by atoms with Gasteiger partial charge in [-0.05, 0) is 139 Å². The second-order valence-corrected chi connectivity index (χ2v) is 17.3. The van der Waals surface area contributed by atoms with Gasteiger partial charge in [0.15, 0.2) is 0 Å². The molecule has 0 saturated carbocycles. The lowest BCUT2D eigenvalue weighted by Gasteiger charge is -2.27. The summed E-state index contributed by atoms with van der Waals surface area (Å²) < 4.78 is 6.43. The lowest BCUT2D eigenvalue weighted by molar-refractivity contribution is 0.670. The number of hydrogen-bond donors (Lipinski definition) is 0. The Balaban J connectivity index is 0.904. The Morgan fingerprint density at radius 1 is 0.221 bits per heavy atom. The molecule has 0 aliphatic carbocycles. The zero-order valence-corrected chi connectivity index (χ0v) is 37.3. The summed E-state index contributed by atoms with van der Waals surface area (Å²) in [6, 6.07) is 98.1. The number of benzene rings is 11. The van der Waals surface area contributed by atoms with E-state index < -0.39 is 0 Å². The van der Waals surface area contributed by atoms with Crippen molar-refractivity contribution in [2.24, 2.45) is 0 Å². The summed E-state index contributed by atoms with van der Waals surface area (Å²) in [4.78, 5) is 2.38. The lowest BCUT2D eigenvalue weighted by atomic mass is 9.95. The predicted molar refractivity (Wildman–Crippen MR) is 286 cm³/mol. The van der Waals surface area contributed by atoms with E-state index in [1.807, 2.05) is 12.1 Å². The predicted octanol–water partition coefficient (Wildman–Crippen LogP) is 18.7. The first-order valence-electron chi connectivity index (χ1n) is 23.2. The van der Waals surface area contributed by atoms with Crippen LogP contribution in [0.25, 0.3) is 99.8 Å². The Kier molecular flexibility index (Phi) is 10.6. The van der Waals surface area contributed by atoms with Gasteiger partial charge in [-0.1, -0.05) is 206 Å². The van der Waals surface area contributed by atoms with Gasteiger partial charge in [0.1, 0.15) is 11.2 Å². The Bertz CT molecular complexity index is 3610. The normalized spacial score (nSPS) is 11.2. The second kappa shape index (κ2) is 17.8. The number of hydrogen-bond acceptors (Lipinski definition) is 2. The van der Waals surface area contributed by atoms with Crippen LogP contribution < -0.4 is 4.90 Å². The van der Waals surface area contributed by atoms with Crippen LogP contribution in [0.5, 0.6) is 0 Å². The van der Waals surface area contributed by atoms with E-state index in [0.29, 0.717) is 0 Å². The fourth-order valence-corrected chi connectivity index (χ4v) is 9.64. The molecule has 0 radical (unpaired) electrons. The van der Waals surface area contributed by atoms with Crippen molar-refractivity contribution in [1.29, 1.82) is 0 Å². The van der Waals surface area contributed by atoms with Gasteiger partial charge in [0.2, 0.25) is 0 Å². The van der Waals surface area contributed by atoms with Crippen LogP contribution in [0.2, 0.25) is 0 Å². The molecular weight excluding hydrogens is 823 g/mol. The molecule has 1 aromatic heterocycles. The first kappa shape index (κ1) is 40.5. The van der Waals surface area contributed by atoms with Crippen LogP contribution in [-0.2, 0) is 0 Å². The van der Waals surface area contributed by atoms with Crippen molar-refractivity contribution in [3.8, 4) is 77.9 Å². The summed E-state index contributed by atoms with van der Waals surface area (Å²) >= 11 is 0. The van der Waals surface area contributed by atoms with E-state index in [-0.39, 0.29) is 0 Å². The lowest BCUT2D eigenvalue weighted by Crippen LogP contribution is -2.10. The van der Waals surface area contributed by atoms with E-state index in [1.54, 1.807) is 0 Å². The molecule has 0 aliphatic rings. The van der Waals surface area contributed by atoms with Gasteiger partial charge < -0.3 is 9.32 Å². The molecule has 0 saturated heterocycles. The fraction of sp³-hybridized carbons (Fsp3) is 0. The highest BCUT2D eigenvalue weighted by Gasteiger charge is 2.17. The third-order valence-corrected chi connectivity index (χ3v) is 13.0. The SMILES string of the molecule is c1ccc(-c2cccc(-c3cccc(N(c4ccc(-c5cccc(-c6cccc(-c7cccc8c7oc7ccccc78)c6)c5)cc4)c4cccc(-c5cccc(-c6ccccc6)c5)c4)c3)c2)cc1. The molecule has 2 nitrogen and oxygen atoms in total. The van der Waals surface area contributed by atoms with Crippen molar-refractivity contribution in [3.05, 3.63) is 273 Å². The highest BCUT2D eigenvalue weighted by atomic mass is 16.3. The van der Waals surface area contributed by atoms with Gasteiger partial charge in [0.25, 0.3) is 0 Å². The van der Waals surface area contributed by atoms with Gasteiger partial charge in [0.05, 0.1) is 0 Å². The van der Waals surface area contributed by atoms with E-state index in [4.69, 9.17) is 4.42 Å². The van der Waals surface area contributed by atoms with E-state index in [1.165, 1.54) is 33.4 Å². The third kappa shape index (κ3) is 7.95. The largest absolute Gasteiger partial charge is 0.455 e. The molecule has 12 rings (SSSR count). The van der Waals surface area contributed by atoms with Crippen molar-refractivity contribution in [1.82, 2.24) is 0 Å². The second-order valence-electron chi connectivity index (χ2n) is 17.3. The maximum Gasteiger partial charge on any atom is 0.143 e. The van der Waals surface area contributed by atoms with Gasteiger partial charge >= 0.3 is 0 Å². The average Bonchev–Trinajstić information content (AvgIpc) is 3.81. The van der Waals surface area contributed by atoms with Crippen molar-refractivity contribution >= 4 is 39.0 Å². The van der Waals surface area contributed by atoms with Crippen molar-refractivity contribution in [2.45, 2.75) is 0 Å². The molecular formula is C66H45NO. The Morgan fingerprint density at radius 2 is 0.574 bits per heavy atom. The summed E-state index contributed by atoms with van der Waals surface area (Å²) in [5.41, 5.74) is 21.4. The van der Waals surface area contributed by atoms with E-state index in [9.17, 15) is 0 Å². The highest BCUT2D eigenvalue weighted by Crippen LogP contribution is 2.41. The minimum absolute atomic E-state index is 0.907. The summed E-state index contributed by atoms with van der Waals surface area (Å²) in [5, 5.41) is 2.27. The minimum atomic E-state index is 0.907. The average molecular weight is 868 g/mol. The topological polar surface area (TPSA) is 16.4 Å². The molecule has 0 unspecified atom stereocenters. The molecule has 0 aliphatic heterocycles. The van der Waals surface area contributed by atoms with Crippen molar-refractivity contribution < 1.29 is 4.42 Å². The van der Waals surface area contributed by atoms with Gasteiger partial charge in [0, 0.05) is 33.4 Å². The Hall–Kier alpha value is -8.98. The molecule has 0 N–H and O–H groups in total. The molecule has 12 aromatic rings. The summed E-state index contributed by atoms with van der Waals surface area (Å²) in [6.07, 6.45) is 0. The van der Waals surface area contributed by atoms with Gasteiger partial charge in [-0.2, -0.15) is 0 Å². The molecule has 68 heavy (non-hydrogen) atoms. The van der Waals surface area contributed by atoms with Crippen molar-refractivity contribution in [3.63, 3.8) is 0 Å². The van der Waals surface area contributed by atoms with Crippen LogP contribution >= 0.6 is 0 Å². The molecule has 1 heterocycles. The van der Waals surface area contributed by atoms with E-state index in [2.05, 4.69) is 266 Å². The molecule has 0 fully saturated rings. The molecule has 11 aromatic carbocycles. The molecule has 0 amide bonds. The number of para-hydroxylation sites is 2. The van der Waals surface area contributed by atoms with Crippen LogP contribution in [0.4, 0.5) is 17.1 Å². The summed E-state index contributed by atoms with van der Waals surface area (Å²) in [5.74, 6) is 0. The van der Waals surface area contributed by atoms with Crippen LogP contribution in [0, 0.1) is 0 Å². The fourth-order valence-electron chi connectivity index (χ4n) is 9.64. The van der Waals surface area contributed by atoms with E-state index in [0.717, 1.165) is 83.5 Å². The monoisotopic (exact) mass is 867 g/mol. The molecule has 0 atom stereocenters. The quantitative estimate of drug-likeness (QED) is 0.136. The van der Waals surface area contributed by atoms with E-state index >= 15 is 0 Å². The van der Waals surface area contributed by atoms with Crippen LogP contribution in [-0.4, -0.2) is 0 Å². The van der Waals surface area contributed by atoms with Gasteiger partial charge in [-0.25, -0.2) is 0 Å². The molecule has 0 bridgehead atoms. The first-order valence-corrected chi connectivity index (χ1v) is 23.2. The maximum atomic E-state index is 6.43. The Morgan fingerprint density at radius 3 is 1.09 bits per heavy atom. The third-order valence-electron chi connectivity index (χ3n) is 13.0. The smallest absolute Gasteiger partial charge is 0.143 e. The Labute approximate surface area is 397 Å². The number of anilines is 3. The van der Waals surface area contributed by atoms with Gasteiger partial charge in [-0.15, -0.1) is 0 Å². The highest BCUT2D eigenvalue weighted by molar-refractivity contribution is 6.09. The van der Waals surface area contributed by atoms with Crippen molar-refractivity contribution in [2.75, 3.05) is 4.90 Å². The molecule has 320 valence electrons.